The van der Waals surface area contributed by atoms with Crippen molar-refractivity contribution in [3.63, 3.8) is 0 Å². The SMILES string of the molecule is CCOC(=O)C1=C(C)Nc2ncnn2C1c1cc(Br)c(OC)c(OCC)c1. The Kier molecular flexibility index (Phi) is 5.69. The number of esters is 1. The zero-order chi connectivity index (χ0) is 19.6. The number of ether oxygens (including phenoxy) is 3. The van der Waals surface area contributed by atoms with Gasteiger partial charge in [-0.2, -0.15) is 10.1 Å². The summed E-state index contributed by atoms with van der Waals surface area (Å²) in [7, 11) is 1.58. The molecule has 9 heteroatoms. The largest absolute Gasteiger partial charge is 0.492 e. The van der Waals surface area contributed by atoms with E-state index >= 15 is 0 Å². The van der Waals surface area contributed by atoms with Gasteiger partial charge < -0.3 is 19.5 Å². The Morgan fingerprint density at radius 2 is 2.11 bits per heavy atom. The molecule has 0 bridgehead atoms. The maximum absolute atomic E-state index is 12.7. The van der Waals surface area contributed by atoms with Crippen LogP contribution in [-0.4, -0.2) is 41.1 Å². The Morgan fingerprint density at radius 3 is 2.78 bits per heavy atom. The smallest absolute Gasteiger partial charge is 0.338 e. The average molecular weight is 437 g/mol. The topological polar surface area (TPSA) is 87.5 Å². The van der Waals surface area contributed by atoms with Crippen LogP contribution < -0.4 is 14.8 Å². The molecule has 2 heterocycles. The predicted molar refractivity (Wildman–Crippen MR) is 103 cm³/mol. The monoisotopic (exact) mass is 436 g/mol. The fourth-order valence-corrected chi connectivity index (χ4v) is 3.70. The molecule has 1 aliphatic heterocycles. The summed E-state index contributed by atoms with van der Waals surface area (Å²) in [6.07, 6.45) is 1.44. The number of benzene rings is 1. The number of nitrogens with one attached hydrogen (secondary N) is 1. The summed E-state index contributed by atoms with van der Waals surface area (Å²) >= 11 is 3.53. The zero-order valence-electron chi connectivity index (χ0n) is 15.6. The maximum Gasteiger partial charge on any atom is 0.338 e. The highest BCUT2D eigenvalue weighted by Crippen LogP contribution is 2.42. The maximum atomic E-state index is 12.7. The molecule has 1 aromatic carbocycles. The van der Waals surface area contributed by atoms with Gasteiger partial charge in [-0.1, -0.05) is 0 Å². The van der Waals surface area contributed by atoms with Crippen molar-refractivity contribution in [2.45, 2.75) is 26.8 Å². The van der Waals surface area contributed by atoms with E-state index in [-0.39, 0.29) is 6.61 Å². The Balaban J connectivity index is 2.19. The van der Waals surface area contributed by atoms with Crippen LogP contribution in [0.3, 0.4) is 0 Å². The summed E-state index contributed by atoms with van der Waals surface area (Å²) in [5.74, 6) is 1.31. The van der Waals surface area contributed by atoms with Crippen molar-refractivity contribution in [3.05, 3.63) is 39.8 Å². The fourth-order valence-electron chi connectivity index (χ4n) is 3.08. The predicted octanol–water partition coefficient (Wildman–Crippen LogP) is 3.30. The minimum atomic E-state index is -0.510. The summed E-state index contributed by atoms with van der Waals surface area (Å²) in [6.45, 7) is 6.25. The second-order valence-electron chi connectivity index (χ2n) is 5.78. The van der Waals surface area contributed by atoms with Crippen molar-refractivity contribution in [1.82, 2.24) is 14.8 Å². The van der Waals surface area contributed by atoms with Gasteiger partial charge in [-0.15, -0.1) is 0 Å². The van der Waals surface area contributed by atoms with Crippen LogP contribution in [0.25, 0.3) is 0 Å². The second kappa shape index (κ2) is 7.99. The van der Waals surface area contributed by atoms with Crippen LogP contribution in [0.4, 0.5) is 5.95 Å². The number of rotatable bonds is 6. The lowest BCUT2D eigenvalue weighted by Gasteiger charge is -2.28. The van der Waals surface area contributed by atoms with Crippen LogP contribution in [-0.2, 0) is 9.53 Å². The van der Waals surface area contributed by atoms with Crippen molar-refractivity contribution < 1.29 is 19.0 Å². The Labute approximate surface area is 165 Å². The number of allylic oxidation sites excluding steroid dienone is 1. The molecule has 0 spiro atoms. The number of anilines is 1. The summed E-state index contributed by atoms with van der Waals surface area (Å²) in [5, 5.41) is 7.41. The van der Waals surface area contributed by atoms with Crippen LogP contribution >= 0.6 is 15.9 Å². The molecule has 1 aromatic heterocycles. The van der Waals surface area contributed by atoms with E-state index in [0.29, 0.717) is 39.8 Å². The fraction of sp³-hybridized carbons (Fsp3) is 0.389. The van der Waals surface area contributed by atoms with Gasteiger partial charge in [0.05, 0.1) is 30.4 Å². The molecule has 1 unspecified atom stereocenters. The van der Waals surface area contributed by atoms with Gasteiger partial charge in [0.25, 0.3) is 0 Å². The number of carbonyl (C=O) groups excluding carboxylic acids is 1. The normalized spacial score (nSPS) is 15.8. The third kappa shape index (κ3) is 3.51. The van der Waals surface area contributed by atoms with Crippen molar-refractivity contribution >= 4 is 27.8 Å². The molecule has 0 fully saturated rings. The minimum absolute atomic E-state index is 0.281. The van der Waals surface area contributed by atoms with E-state index in [4.69, 9.17) is 14.2 Å². The highest BCUT2D eigenvalue weighted by molar-refractivity contribution is 9.10. The molecule has 0 saturated heterocycles. The first-order chi connectivity index (χ1) is 13.0. The van der Waals surface area contributed by atoms with Crippen LogP contribution in [0.2, 0.25) is 0 Å². The highest BCUT2D eigenvalue weighted by atomic mass is 79.9. The van der Waals surface area contributed by atoms with Crippen LogP contribution in [0.1, 0.15) is 32.4 Å². The standard InChI is InChI=1S/C18H21BrN4O4/c1-5-26-13-8-11(7-12(19)16(13)25-4)15-14(17(24)27-6-2)10(3)22-18-20-9-21-23(15)18/h7-9,15H,5-6H2,1-4H3,(H,20,21,22). The first-order valence-electron chi connectivity index (χ1n) is 8.56. The average Bonchev–Trinajstić information content (AvgIpc) is 3.08. The van der Waals surface area contributed by atoms with E-state index in [1.54, 1.807) is 18.7 Å². The third-order valence-electron chi connectivity index (χ3n) is 4.14. The van der Waals surface area contributed by atoms with Gasteiger partial charge >= 0.3 is 5.97 Å². The van der Waals surface area contributed by atoms with Gasteiger partial charge in [0.15, 0.2) is 11.5 Å². The van der Waals surface area contributed by atoms with Gasteiger partial charge in [-0.25, -0.2) is 9.48 Å². The molecule has 0 radical (unpaired) electrons. The third-order valence-corrected chi connectivity index (χ3v) is 4.73. The molecule has 1 N–H and O–H groups in total. The van der Waals surface area contributed by atoms with Gasteiger partial charge in [-0.3, -0.25) is 0 Å². The second-order valence-corrected chi connectivity index (χ2v) is 6.64. The van der Waals surface area contributed by atoms with Crippen LogP contribution in [0.5, 0.6) is 11.5 Å². The molecule has 1 aliphatic rings. The molecule has 0 saturated carbocycles. The number of methoxy groups -OCH3 is 1. The number of halogens is 1. The van der Waals surface area contributed by atoms with E-state index in [9.17, 15) is 4.79 Å². The van der Waals surface area contributed by atoms with E-state index in [1.807, 2.05) is 26.0 Å². The summed E-state index contributed by atoms with van der Waals surface area (Å²) in [4.78, 5) is 16.9. The number of carbonyl (C=O) groups is 1. The Hall–Kier alpha value is -2.55. The van der Waals surface area contributed by atoms with Crippen LogP contribution in [0.15, 0.2) is 34.2 Å². The first-order valence-corrected chi connectivity index (χ1v) is 9.35. The van der Waals surface area contributed by atoms with E-state index < -0.39 is 12.0 Å². The lowest BCUT2D eigenvalue weighted by atomic mass is 9.95. The Morgan fingerprint density at radius 1 is 1.33 bits per heavy atom. The molecular formula is C18H21BrN4O4. The van der Waals surface area contributed by atoms with E-state index in [2.05, 4.69) is 31.3 Å². The van der Waals surface area contributed by atoms with Gasteiger partial charge in [0, 0.05) is 5.70 Å². The number of aromatic nitrogens is 3. The number of hydrogen-bond acceptors (Lipinski definition) is 7. The zero-order valence-corrected chi connectivity index (χ0v) is 17.2. The number of hydrogen-bond donors (Lipinski definition) is 1. The summed E-state index contributed by atoms with van der Waals surface area (Å²) in [6, 6.07) is 3.22. The lowest BCUT2D eigenvalue weighted by Crippen LogP contribution is -2.29. The van der Waals surface area contributed by atoms with Crippen molar-refractivity contribution in [3.8, 4) is 11.5 Å². The molecule has 3 rings (SSSR count). The van der Waals surface area contributed by atoms with Crippen molar-refractivity contribution in [2.75, 3.05) is 25.6 Å². The van der Waals surface area contributed by atoms with Gasteiger partial charge in [-0.05, 0) is 54.4 Å². The van der Waals surface area contributed by atoms with Gasteiger partial charge in [0.1, 0.15) is 12.4 Å². The van der Waals surface area contributed by atoms with Crippen molar-refractivity contribution in [2.24, 2.45) is 0 Å². The quantitative estimate of drug-likeness (QED) is 0.694. The summed E-state index contributed by atoms with van der Waals surface area (Å²) < 4.78 is 18.8. The molecule has 1 atom stereocenters. The molecule has 2 aromatic rings. The number of fused-ring (bicyclic) bond motifs is 1. The van der Waals surface area contributed by atoms with E-state index in [1.165, 1.54) is 6.33 Å². The highest BCUT2D eigenvalue weighted by Gasteiger charge is 2.35. The van der Waals surface area contributed by atoms with Crippen LogP contribution in [0, 0.1) is 0 Å². The van der Waals surface area contributed by atoms with Gasteiger partial charge in [0.2, 0.25) is 5.95 Å². The molecule has 27 heavy (non-hydrogen) atoms. The van der Waals surface area contributed by atoms with Crippen molar-refractivity contribution in [1.29, 1.82) is 0 Å². The minimum Gasteiger partial charge on any atom is -0.492 e. The number of nitrogens with zero attached hydrogens (tertiary/aromatic N) is 3. The molecule has 0 amide bonds. The molecule has 144 valence electrons. The summed E-state index contributed by atoms with van der Waals surface area (Å²) in [5.41, 5.74) is 1.93. The van der Waals surface area contributed by atoms with E-state index in [0.717, 1.165) is 5.56 Å². The molecule has 8 nitrogen and oxygen atoms in total. The first kappa shape index (κ1) is 19.2. The lowest BCUT2D eigenvalue weighted by molar-refractivity contribution is -0.139. The molecular weight excluding hydrogens is 416 g/mol. The molecule has 0 aliphatic carbocycles. The Bertz CT molecular complexity index is 893.